The molecule has 18 heavy (non-hydrogen) atoms. The molecule has 2 rings (SSSR count). The van der Waals surface area contributed by atoms with Crippen LogP contribution in [0.4, 0.5) is 0 Å². The Morgan fingerprint density at radius 2 is 1.28 bits per heavy atom. The minimum absolute atomic E-state index is 0.0273. The maximum atomic E-state index is 11.4. The van der Waals surface area contributed by atoms with E-state index in [1.807, 2.05) is 0 Å². The fraction of sp³-hybridized carbons (Fsp3) is 0. The fourth-order valence-electron chi connectivity index (χ4n) is 0.984. The molecule has 0 aliphatic heterocycles. The van der Waals surface area contributed by atoms with Crippen LogP contribution in [0.5, 0.6) is 0 Å². The average molecular weight is 246 g/mol. The van der Waals surface area contributed by atoms with Gasteiger partial charge in [-0.25, -0.2) is 39.3 Å². The number of carbonyl (C=O) groups excluding carboxylic acids is 2. The van der Waals surface area contributed by atoms with E-state index in [9.17, 15) is 9.59 Å². The third-order valence-corrected chi connectivity index (χ3v) is 1.78. The third-order valence-electron chi connectivity index (χ3n) is 1.78. The first-order chi connectivity index (χ1) is 8.77. The summed E-state index contributed by atoms with van der Waals surface area (Å²) in [6.07, 6.45) is 5.05. The first-order valence-electron chi connectivity index (χ1n) is 4.72. The molecule has 90 valence electrons. The highest BCUT2D eigenvalue weighted by molar-refractivity contribution is 5.89. The first kappa shape index (κ1) is 11.6. The van der Waals surface area contributed by atoms with Crippen LogP contribution in [-0.4, -0.2) is 31.9 Å². The van der Waals surface area contributed by atoms with E-state index in [-0.39, 0.29) is 11.4 Å². The maximum Gasteiger partial charge on any atom is 0.404 e. The number of hydrogen-bond acceptors (Lipinski definition) is 8. The number of hydrogen-bond donors (Lipinski definition) is 0. The van der Waals surface area contributed by atoms with Crippen molar-refractivity contribution >= 4 is 11.9 Å². The average Bonchev–Trinajstić information content (AvgIpc) is 2.46. The summed E-state index contributed by atoms with van der Waals surface area (Å²) in [6, 6.07) is 2.64. The Hall–Kier alpha value is -2.90. The zero-order chi connectivity index (χ0) is 12.8. The lowest BCUT2D eigenvalue weighted by molar-refractivity contribution is -0.188. The topological polar surface area (TPSA) is 104 Å². The monoisotopic (exact) mass is 246 g/mol. The van der Waals surface area contributed by atoms with Gasteiger partial charge in [0.1, 0.15) is 12.7 Å². The third kappa shape index (κ3) is 2.82. The van der Waals surface area contributed by atoms with Crippen LogP contribution in [0, 0.1) is 0 Å². The fourth-order valence-corrected chi connectivity index (χ4v) is 0.984. The van der Waals surface area contributed by atoms with Crippen LogP contribution in [-0.2, 0) is 9.78 Å². The minimum atomic E-state index is -0.903. The molecule has 0 aliphatic rings. The maximum absolute atomic E-state index is 11.4. The van der Waals surface area contributed by atoms with Gasteiger partial charge in [0.05, 0.1) is 0 Å². The van der Waals surface area contributed by atoms with Crippen LogP contribution in [0.15, 0.2) is 37.2 Å². The molecular weight excluding hydrogens is 240 g/mol. The molecule has 0 fully saturated rings. The van der Waals surface area contributed by atoms with Crippen LogP contribution in [0.3, 0.4) is 0 Å². The van der Waals surface area contributed by atoms with Gasteiger partial charge in [0, 0.05) is 12.4 Å². The normalized spacial score (nSPS) is 9.56. The van der Waals surface area contributed by atoms with E-state index in [1.165, 1.54) is 37.2 Å². The van der Waals surface area contributed by atoms with Gasteiger partial charge < -0.3 is 0 Å². The van der Waals surface area contributed by atoms with Crippen LogP contribution in [0.25, 0.3) is 0 Å². The number of nitrogens with zero attached hydrogens (tertiary/aromatic N) is 4. The van der Waals surface area contributed by atoms with Gasteiger partial charge in [0.15, 0.2) is 11.4 Å². The van der Waals surface area contributed by atoms with Crippen LogP contribution in [0.2, 0.25) is 0 Å². The van der Waals surface area contributed by atoms with Gasteiger partial charge in [-0.1, -0.05) is 0 Å². The van der Waals surface area contributed by atoms with Crippen LogP contribution in [0.1, 0.15) is 21.0 Å². The summed E-state index contributed by atoms with van der Waals surface area (Å²) in [6.45, 7) is 0. The molecule has 0 atom stereocenters. The van der Waals surface area contributed by atoms with Crippen molar-refractivity contribution < 1.29 is 19.4 Å². The highest BCUT2D eigenvalue weighted by Gasteiger charge is 2.15. The van der Waals surface area contributed by atoms with Crippen molar-refractivity contribution in [1.29, 1.82) is 0 Å². The predicted molar refractivity (Wildman–Crippen MR) is 54.9 cm³/mol. The second kappa shape index (κ2) is 5.43. The molecule has 0 spiro atoms. The first-order valence-corrected chi connectivity index (χ1v) is 4.72. The molecular formula is C10H6N4O4. The molecule has 2 aromatic rings. The van der Waals surface area contributed by atoms with E-state index in [2.05, 4.69) is 29.7 Å². The van der Waals surface area contributed by atoms with E-state index in [1.54, 1.807) is 0 Å². The Bertz CT molecular complexity index is 495. The highest BCUT2D eigenvalue weighted by Crippen LogP contribution is 2.00. The predicted octanol–water partition coefficient (Wildman–Crippen LogP) is 0.195. The van der Waals surface area contributed by atoms with E-state index in [0.29, 0.717) is 0 Å². The second-order valence-electron chi connectivity index (χ2n) is 2.93. The molecule has 0 N–H and O–H groups in total. The Morgan fingerprint density at radius 1 is 0.833 bits per heavy atom. The summed E-state index contributed by atoms with van der Waals surface area (Å²) in [7, 11) is 0. The molecule has 0 unspecified atom stereocenters. The second-order valence-corrected chi connectivity index (χ2v) is 2.93. The van der Waals surface area contributed by atoms with Crippen LogP contribution < -0.4 is 0 Å². The summed E-state index contributed by atoms with van der Waals surface area (Å²) >= 11 is 0. The smallest absolute Gasteiger partial charge is 0.245 e. The molecule has 0 radical (unpaired) electrons. The van der Waals surface area contributed by atoms with Crippen molar-refractivity contribution in [3.8, 4) is 0 Å². The van der Waals surface area contributed by atoms with E-state index < -0.39 is 11.9 Å². The largest absolute Gasteiger partial charge is 0.404 e. The summed E-state index contributed by atoms with van der Waals surface area (Å²) in [5, 5.41) is 0. The standard InChI is InChI=1S/C10H6N4O4/c15-9(7-1-3-11-5-13-7)17-18-10(16)8-2-4-12-6-14-8/h1-6H. The van der Waals surface area contributed by atoms with E-state index in [0.717, 1.165) is 0 Å². The van der Waals surface area contributed by atoms with Crippen molar-refractivity contribution in [2.75, 3.05) is 0 Å². The Labute approximate surface area is 101 Å². The van der Waals surface area contributed by atoms with Gasteiger partial charge in [-0.2, -0.15) is 0 Å². The quantitative estimate of drug-likeness (QED) is 0.546. The van der Waals surface area contributed by atoms with Crippen LogP contribution >= 0.6 is 0 Å². The number of aromatic nitrogens is 4. The molecule has 0 aromatic carbocycles. The summed E-state index contributed by atoms with van der Waals surface area (Å²) in [5.41, 5.74) is -0.0547. The molecule has 0 saturated carbocycles. The molecule has 8 heteroatoms. The van der Waals surface area contributed by atoms with Gasteiger partial charge >= 0.3 is 11.9 Å². The summed E-state index contributed by atoms with van der Waals surface area (Å²) in [4.78, 5) is 45.8. The van der Waals surface area contributed by atoms with Crippen molar-refractivity contribution in [3.05, 3.63) is 48.6 Å². The van der Waals surface area contributed by atoms with Crippen molar-refractivity contribution in [2.45, 2.75) is 0 Å². The Morgan fingerprint density at radius 3 is 1.61 bits per heavy atom. The molecule has 2 heterocycles. The Kier molecular flexibility index (Phi) is 3.50. The molecule has 0 amide bonds. The van der Waals surface area contributed by atoms with Gasteiger partial charge in [-0.15, -0.1) is 0 Å². The minimum Gasteiger partial charge on any atom is -0.245 e. The molecule has 0 aliphatic carbocycles. The summed E-state index contributed by atoms with van der Waals surface area (Å²) in [5.74, 6) is -1.81. The van der Waals surface area contributed by atoms with Crippen molar-refractivity contribution in [3.63, 3.8) is 0 Å². The van der Waals surface area contributed by atoms with Gasteiger partial charge in [0.2, 0.25) is 0 Å². The van der Waals surface area contributed by atoms with Crippen molar-refractivity contribution in [1.82, 2.24) is 19.9 Å². The molecule has 8 nitrogen and oxygen atoms in total. The zero-order valence-corrected chi connectivity index (χ0v) is 8.89. The Balaban J connectivity index is 1.93. The molecule has 2 aromatic heterocycles. The van der Waals surface area contributed by atoms with Crippen molar-refractivity contribution in [2.24, 2.45) is 0 Å². The van der Waals surface area contributed by atoms with E-state index >= 15 is 0 Å². The SMILES string of the molecule is O=C(OOC(=O)c1ccncn1)c1ccncn1. The lowest BCUT2D eigenvalue weighted by atomic mass is 10.4. The van der Waals surface area contributed by atoms with Gasteiger partial charge in [-0.05, 0) is 12.1 Å². The van der Waals surface area contributed by atoms with Gasteiger partial charge in [-0.3, -0.25) is 0 Å². The molecule has 0 bridgehead atoms. The summed E-state index contributed by atoms with van der Waals surface area (Å²) < 4.78 is 0. The number of rotatable bonds is 2. The highest BCUT2D eigenvalue weighted by atomic mass is 17.2. The lowest BCUT2D eigenvalue weighted by Gasteiger charge is -2.01. The lowest BCUT2D eigenvalue weighted by Crippen LogP contribution is -2.13. The van der Waals surface area contributed by atoms with E-state index in [4.69, 9.17) is 0 Å². The number of carbonyl (C=O) groups is 2. The zero-order valence-electron chi connectivity index (χ0n) is 8.89. The van der Waals surface area contributed by atoms with Gasteiger partial charge in [0.25, 0.3) is 0 Å². The molecule has 0 saturated heterocycles.